The minimum absolute atomic E-state index is 0. The van der Waals surface area contributed by atoms with Crippen molar-refractivity contribution in [3.8, 4) is 0 Å². The van der Waals surface area contributed by atoms with Gasteiger partial charge < -0.3 is 10.2 Å². The summed E-state index contributed by atoms with van der Waals surface area (Å²) in [6.45, 7) is 6.90. The molecule has 2 rings (SSSR count). The number of carbonyl (C=O) groups excluding carboxylic acids is 1. The van der Waals surface area contributed by atoms with Gasteiger partial charge in [-0.3, -0.25) is 4.79 Å². The number of nitrogens with zero attached hydrogens (tertiary/aromatic N) is 1. The predicted molar refractivity (Wildman–Crippen MR) is 88.7 cm³/mol. The highest BCUT2D eigenvalue weighted by Crippen LogP contribution is 2.20. The van der Waals surface area contributed by atoms with Gasteiger partial charge in [-0.15, -0.1) is 12.4 Å². The van der Waals surface area contributed by atoms with E-state index in [0.717, 1.165) is 48.1 Å². The fourth-order valence-electron chi connectivity index (χ4n) is 2.49. The Morgan fingerprint density at radius 3 is 2.80 bits per heavy atom. The highest BCUT2D eigenvalue weighted by Gasteiger charge is 2.26. The number of hydrogen-bond acceptors (Lipinski definition) is 2. The summed E-state index contributed by atoms with van der Waals surface area (Å²) in [5.41, 5.74) is 1.93. The lowest BCUT2D eigenvalue weighted by molar-refractivity contribution is 0.0692. The van der Waals surface area contributed by atoms with E-state index in [-0.39, 0.29) is 18.3 Å². The first-order chi connectivity index (χ1) is 9.13. The second kappa shape index (κ2) is 8.01. The molecule has 112 valence electrons. The van der Waals surface area contributed by atoms with Crippen molar-refractivity contribution < 1.29 is 4.79 Å². The van der Waals surface area contributed by atoms with Gasteiger partial charge in [0.25, 0.3) is 5.91 Å². The van der Waals surface area contributed by atoms with E-state index in [1.54, 1.807) is 0 Å². The van der Waals surface area contributed by atoms with Crippen LogP contribution in [0.2, 0.25) is 0 Å². The van der Waals surface area contributed by atoms with Gasteiger partial charge in [-0.2, -0.15) is 0 Å². The molecular formula is C15H22BrClN2O. The molecule has 1 saturated heterocycles. The second-order valence-corrected chi connectivity index (χ2v) is 5.96. The molecule has 0 radical (unpaired) electrons. The predicted octanol–water partition coefficient (Wildman–Crippen LogP) is 3.39. The van der Waals surface area contributed by atoms with E-state index in [2.05, 4.69) is 28.2 Å². The maximum Gasteiger partial charge on any atom is 0.254 e. The van der Waals surface area contributed by atoms with Crippen LogP contribution in [-0.4, -0.2) is 36.5 Å². The molecule has 1 amide bonds. The molecule has 1 aliphatic rings. The van der Waals surface area contributed by atoms with Gasteiger partial charge >= 0.3 is 0 Å². The summed E-state index contributed by atoms with van der Waals surface area (Å²) in [6, 6.07) is 6.19. The zero-order valence-electron chi connectivity index (χ0n) is 12.0. The van der Waals surface area contributed by atoms with Crippen LogP contribution in [0.1, 0.15) is 35.7 Å². The molecule has 20 heavy (non-hydrogen) atoms. The Kier molecular flexibility index (Phi) is 7.00. The number of amides is 1. The standard InChI is InChI=1S/C15H21BrN2O.ClH/c1-3-8-18(13-6-7-17-10-13)15(19)12-5-4-11(2)14(16)9-12;/h4-5,9,13,17H,3,6-8,10H2,1-2H3;1H. The van der Waals surface area contributed by atoms with E-state index >= 15 is 0 Å². The molecule has 1 aliphatic heterocycles. The van der Waals surface area contributed by atoms with Crippen LogP contribution >= 0.6 is 28.3 Å². The minimum atomic E-state index is 0. The lowest BCUT2D eigenvalue weighted by Crippen LogP contribution is -2.42. The summed E-state index contributed by atoms with van der Waals surface area (Å²) >= 11 is 3.50. The molecule has 0 spiro atoms. The molecule has 1 N–H and O–H groups in total. The van der Waals surface area contributed by atoms with Crippen molar-refractivity contribution in [3.05, 3.63) is 33.8 Å². The number of aryl methyl sites for hydroxylation is 1. The monoisotopic (exact) mass is 360 g/mol. The Hall–Kier alpha value is -0.580. The quantitative estimate of drug-likeness (QED) is 0.891. The van der Waals surface area contributed by atoms with Gasteiger partial charge in [-0.1, -0.05) is 28.9 Å². The van der Waals surface area contributed by atoms with E-state index in [9.17, 15) is 4.79 Å². The summed E-state index contributed by atoms with van der Waals surface area (Å²) in [4.78, 5) is 14.7. The maximum absolute atomic E-state index is 12.7. The molecule has 1 aromatic carbocycles. The number of halogens is 2. The van der Waals surface area contributed by atoms with Gasteiger partial charge in [0.2, 0.25) is 0 Å². The number of benzene rings is 1. The van der Waals surface area contributed by atoms with Crippen LogP contribution in [0.4, 0.5) is 0 Å². The summed E-state index contributed by atoms with van der Waals surface area (Å²) in [5.74, 6) is 0.149. The number of hydrogen-bond donors (Lipinski definition) is 1. The SMILES string of the molecule is CCCN(C(=O)c1ccc(C)c(Br)c1)C1CCNC1.Cl. The highest BCUT2D eigenvalue weighted by atomic mass is 79.9. The summed E-state index contributed by atoms with van der Waals surface area (Å²) < 4.78 is 0.999. The first kappa shape index (κ1) is 17.5. The van der Waals surface area contributed by atoms with E-state index in [0.29, 0.717) is 6.04 Å². The van der Waals surface area contributed by atoms with Crippen LogP contribution in [0, 0.1) is 6.92 Å². The van der Waals surface area contributed by atoms with Gasteiger partial charge in [-0.05, 0) is 44.0 Å². The van der Waals surface area contributed by atoms with Gasteiger partial charge in [0, 0.05) is 29.2 Å². The van der Waals surface area contributed by atoms with E-state index in [1.807, 2.05) is 30.0 Å². The third kappa shape index (κ3) is 3.96. The third-order valence-corrected chi connectivity index (χ3v) is 4.47. The van der Waals surface area contributed by atoms with Gasteiger partial charge in [-0.25, -0.2) is 0 Å². The van der Waals surface area contributed by atoms with Gasteiger partial charge in [0.1, 0.15) is 0 Å². The summed E-state index contributed by atoms with van der Waals surface area (Å²) in [7, 11) is 0. The van der Waals surface area contributed by atoms with Crippen molar-refractivity contribution in [1.82, 2.24) is 10.2 Å². The van der Waals surface area contributed by atoms with Crippen LogP contribution in [-0.2, 0) is 0 Å². The zero-order chi connectivity index (χ0) is 13.8. The average molecular weight is 362 g/mol. The molecule has 1 atom stereocenters. The number of carbonyl (C=O) groups is 1. The Labute approximate surface area is 135 Å². The van der Waals surface area contributed by atoms with Crippen molar-refractivity contribution >= 4 is 34.2 Å². The van der Waals surface area contributed by atoms with E-state index < -0.39 is 0 Å². The molecule has 1 heterocycles. The molecule has 1 unspecified atom stereocenters. The van der Waals surface area contributed by atoms with Crippen LogP contribution in [0.15, 0.2) is 22.7 Å². The largest absolute Gasteiger partial charge is 0.334 e. The Morgan fingerprint density at radius 2 is 2.25 bits per heavy atom. The third-order valence-electron chi connectivity index (χ3n) is 3.62. The average Bonchev–Trinajstić information content (AvgIpc) is 2.92. The first-order valence-electron chi connectivity index (χ1n) is 6.91. The number of rotatable bonds is 4. The smallest absolute Gasteiger partial charge is 0.254 e. The van der Waals surface area contributed by atoms with Gasteiger partial charge in [0.15, 0.2) is 0 Å². The van der Waals surface area contributed by atoms with Crippen LogP contribution in [0.3, 0.4) is 0 Å². The van der Waals surface area contributed by atoms with Crippen LogP contribution < -0.4 is 5.32 Å². The van der Waals surface area contributed by atoms with Crippen molar-refractivity contribution in [2.24, 2.45) is 0 Å². The first-order valence-corrected chi connectivity index (χ1v) is 7.70. The Bertz CT molecular complexity index is 461. The summed E-state index contributed by atoms with van der Waals surface area (Å²) in [6.07, 6.45) is 2.05. The lowest BCUT2D eigenvalue weighted by Gasteiger charge is -2.28. The zero-order valence-corrected chi connectivity index (χ0v) is 14.4. The summed E-state index contributed by atoms with van der Waals surface area (Å²) in [5, 5.41) is 3.33. The molecule has 5 heteroatoms. The Balaban J connectivity index is 0.00000200. The maximum atomic E-state index is 12.7. The fourth-order valence-corrected chi connectivity index (χ4v) is 2.87. The van der Waals surface area contributed by atoms with Crippen molar-refractivity contribution in [1.29, 1.82) is 0 Å². The molecule has 3 nitrogen and oxygen atoms in total. The normalized spacial score (nSPS) is 17.6. The van der Waals surface area contributed by atoms with Gasteiger partial charge in [0.05, 0.1) is 0 Å². The van der Waals surface area contributed by atoms with Crippen molar-refractivity contribution in [3.63, 3.8) is 0 Å². The number of nitrogens with one attached hydrogen (secondary N) is 1. The fraction of sp³-hybridized carbons (Fsp3) is 0.533. The highest BCUT2D eigenvalue weighted by molar-refractivity contribution is 9.10. The van der Waals surface area contributed by atoms with Crippen molar-refractivity contribution in [2.45, 2.75) is 32.7 Å². The molecule has 0 aliphatic carbocycles. The van der Waals surface area contributed by atoms with Crippen molar-refractivity contribution in [2.75, 3.05) is 19.6 Å². The topological polar surface area (TPSA) is 32.3 Å². The molecular weight excluding hydrogens is 340 g/mol. The Morgan fingerprint density at radius 1 is 1.50 bits per heavy atom. The molecule has 1 fully saturated rings. The molecule has 1 aromatic rings. The lowest BCUT2D eigenvalue weighted by atomic mass is 10.1. The molecule has 0 aromatic heterocycles. The van der Waals surface area contributed by atoms with Crippen LogP contribution in [0.25, 0.3) is 0 Å². The second-order valence-electron chi connectivity index (χ2n) is 5.11. The van der Waals surface area contributed by atoms with E-state index in [1.165, 1.54) is 0 Å². The van der Waals surface area contributed by atoms with E-state index in [4.69, 9.17) is 0 Å². The minimum Gasteiger partial charge on any atom is -0.334 e. The molecule has 0 saturated carbocycles. The van der Waals surface area contributed by atoms with Crippen LogP contribution in [0.5, 0.6) is 0 Å². The molecule has 0 bridgehead atoms.